The monoisotopic (exact) mass is 254 g/mol. The lowest BCUT2D eigenvalue weighted by molar-refractivity contribution is 0.385. The normalized spacial score (nSPS) is 26.6. The number of piperidine rings is 1. The van der Waals surface area contributed by atoms with Gasteiger partial charge in [0.05, 0.1) is 17.4 Å². The van der Waals surface area contributed by atoms with E-state index < -0.39 is 0 Å². The van der Waals surface area contributed by atoms with Gasteiger partial charge in [-0.25, -0.2) is 0 Å². The lowest BCUT2D eigenvalue weighted by Crippen LogP contribution is -2.45. The summed E-state index contributed by atoms with van der Waals surface area (Å²) in [5, 5.41) is 13.2. The second-order valence-electron chi connectivity index (χ2n) is 5.57. The lowest BCUT2D eigenvalue weighted by atomic mass is 9.91. The van der Waals surface area contributed by atoms with E-state index in [1.165, 1.54) is 23.9 Å². The summed E-state index contributed by atoms with van der Waals surface area (Å²) in [4.78, 5) is 2.55. The maximum absolute atomic E-state index is 4.23. The minimum Gasteiger partial charge on any atom is -0.365 e. The first-order chi connectivity index (χ1) is 9.43. The Balaban J connectivity index is 1.81. The van der Waals surface area contributed by atoms with Crippen molar-refractivity contribution in [3.63, 3.8) is 0 Å². The Morgan fingerprint density at radius 3 is 3.16 bits per heavy atom. The van der Waals surface area contributed by atoms with Crippen LogP contribution >= 0.6 is 0 Å². The molecule has 3 heterocycles. The van der Waals surface area contributed by atoms with Gasteiger partial charge in [0, 0.05) is 31.1 Å². The fraction of sp³-hybridized carbons (Fsp3) is 0.467. The molecule has 1 N–H and O–H groups in total. The third kappa shape index (κ3) is 1.78. The van der Waals surface area contributed by atoms with Crippen LogP contribution in [-0.4, -0.2) is 35.9 Å². The zero-order valence-corrected chi connectivity index (χ0v) is 10.9. The van der Waals surface area contributed by atoms with Crippen molar-refractivity contribution in [1.29, 1.82) is 0 Å². The van der Waals surface area contributed by atoms with Gasteiger partial charge in [-0.2, -0.15) is 10.2 Å². The molecule has 0 bridgehead atoms. The van der Waals surface area contributed by atoms with Crippen molar-refractivity contribution in [2.45, 2.75) is 18.9 Å². The molecule has 0 amide bonds. The van der Waals surface area contributed by atoms with Gasteiger partial charge in [-0.3, -0.25) is 0 Å². The summed E-state index contributed by atoms with van der Waals surface area (Å²) >= 11 is 0. The Labute approximate surface area is 112 Å². The molecule has 2 aliphatic heterocycles. The van der Waals surface area contributed by atoms with Crippen LogP contribution in [0, 0.1) is 5.92 Å². The van der Waals surface area contributed by atoms with Crippen LogP contribution < -0.4 is 10.2 Å². The molecule has 2 aliphatic rings. The Morgan fingerprint density at radius 1 is 1.21 bits per heavy atom. The predicted molar refractivity (Wildman–Crippen MR) is 76.3 cm³/mol. The van der Waals surface area contributed by atoms with Crippen molar-refractivity contribution >= 4 is 16.6 Å². The van der Waals surface area contributed by atoms with Crippen LogP contribution in [0.3, 0.4) is 0 Å². The highest BCUT2D eigenvalue weighted by atomic mass is 15.2. The fourth-order valence-corrected chi connectivity index (χ4v) is 3.59. The summed E-state index contributed by atoms with van der Waals surface area (Å²) < 4.78 is 0. The largest absolute Gasteiger partial charge is 0.365 e. The minimum absolute atomic E-state index is 0.626. The van der Waals surface area contributed by atoms with Crippen LogP contribution in [0.4, 0.5) is 5.69 Å². The van der Waals surface area contributed by atoms with E-state index in [-0.39, 0.29) is 0 Å². The summed E-state index contributed by atoms with van der Waals surface area (Å²) in [5.41, 5.74) is 2.25. The number of rotatable bonds is 1. The van der Waals surface area contributed by atoms with Gasteiger partial charge in [0.25, 0.3) is 0 Å². The molecule has 1 aromatic heterocycles. The standard InChI is InChI=1S/C15H18N4/c1-2-6-13-12(5-1)15(10-17-18-13)19-7-3-4-11-8-16-9-14(11)19/h1-2,5-6,10-11,14,16H,3-4,7-9H2. The van der Waals surface area contributed by atoms with Gasteiger partial charge in [0.1, 0.15) is 0 Å². The molecule has 2 saturated heterocycles. The van der Waals surface area contributed by atoms with Crippen LogP contribution in [0.15, 0.2) is 30.5 Å². The SMILES string of the molecule is c1ccc2c(N3CCCC4CNCC43)cnnc2c1. The molecule has 19 heavy (non-hydrogen) atoms. The number of aromatic nitrogens is 2. The van der Waals surface area contributed by atoms with Crippen LogP contribution in [0.2, 0.25) is 0 Å². The predicted octanol–water partition coefficient (Wildman–Crippen LogP) is 1.82. The lowest BCUT2D eigenvalue weighted by Gasteiger charge is -2.39. The summed E-state index contributed by atoms with van der Waals surface area (Å²) in [6.07, 6.45) is 4.56. The van der Waals surface area contributed by atoms with Gasteiger partial charge in [-0.05, 0) is 24.8 Å². The first-order valence-corrected chi connectivity index (χ1v) is 7.11. The summed E-state index contributed by atoms with van der Waals surface area (Å²) in [7, 11) is 0. The Kier molecular flexibility index (Phi) is 2.62. The molecule has 4 rings (SSSR count). The highest BCUT2D eigenvalue weighted by Crippen LogP contribution is 2.33. The number of fused-ring (bicyclic) bond motifs is 2. The molecule has 98 valence electrons. The van der Waals surface area contributed by atoms with E-state index in [1.807, 2.05) is 18.3 Å². The highest BCUT2D eigenvalue weighted by Gasteiger charge is 2.35. The molecule has 4 heteroatoms. The van der Waals surface area contributed by atoms with E-state index in [0.717, 1.165) is 31.1 Å². The van der Waals surface area contributed by atoms with Crippen LogP contribution in [0.1, 0.15) is 12.8 Å². The van der Waals surface area contributed by atoms with Crippen molar-refractivity contribution in [1.82, 2.24) is 15.5 Å². The Bertz CT molecular complexity index is 592. The fourth-order valence-electron chi connectivity index (χ4n) is 3.59. The summed E-state index contributed by atoms with van der Waals surface area (Å²) in [6, 6.07) is 8.94. The summed E-state index contributed by atoms with van der Waals surface area (Å²) in [5.74, 6) is 0.792. The van der Waals surface area contributed by atoms with Gasteiger partial charge in [0.2, 0.25) is 0 Å². The van der Waals surface area contributed by atoms with Crippen molar-refractivity contribution in [3.05, 3.63) is 30.5 Å². The van der Waals surface area contributed by atoms with Crippen LogP contribution in [0.5, 0.6) is 0 Å². The molecule has 0 saturated carbocycles. The molecule has 2 unspecified atom stereocenters. The zero-order valence-electron chi connectivity index (χ0n) is 10.9. The van der Waals surface area contributed by atoms with Crippen LogP contribution in [-0.2, 0) is 0 Å². The van der Waals surface area contributed by atoms with Crippen molar-refractivity contribution < 1.29 is 0 Å². The second kappa shape index (κ2) is 4.46. The van der Waals surface area contributed by atoms with Crippen LogP contribution in [0.25, 0.3) is 10.9 Å². The molecule has 4 nitrogen and oxygen atoms in total. The zero-order chi connectivity index (χ0) is 12.7. The minimum atomic E-state index is 0.626. The molecule has 2 atom stereocenters. The number of benzene rings is 1. The maximum Gasteiger partial charge on any atom is 0.0950 e. The van der Waals surface area contributed by atoms with Crippen molar-refractivity contribution in [2.75, 3.05) is 24.5 Å². The van der Waals surface area contributed by atoms with Gasteiger partial charge >= 0.3 is 0 Å². The van der Waals surface area contributed by atoms with Crippen molar-refractivity contribution in [3.8, 4) is 0 Å². The first-order valence-electron chi connectivity index (χ1n) is 7.11. The number of nitrogens with one attached hydrogen (secondary N) is 1. The molecule has 0 aliphatic carbocycles. The third-order valence-electron chi connectivity index (χ3n) is 4.51. The van der Waals surface area contributed by atoms with Gasteiger partial charge in [-0.15, -0.1) is 0 Å². The first kappa shape index (κ1) is 11.2. The molecule has 0 spiro atoms. The Morgan fingerprint density at radius 2 is 2.16 bits per heavy atom. The van der Waals surface area contributed by atoms with E-state index in [4.69, 9.17) is 0 Å². The number of hydrogen-bond acceptors (Lipinski definition) is 4. The number of anilines is 1. The molecule has 2 fully saturated rings. The average Bonchev–Trinajstić information content (AvgIpc) is 2.95. The molecule has 0 radical (unpaired) electrons. The highest BCUT2D eigenvalue weighted by molar-refractivity contribution is 5.90. The van der Waals surface area contributed by atoms with E-state index in [2.05, 4.69) is 32.5 Å². The van der Waals surface area contributed by atoms with E-state index in [1.54, 1.807) is 0 Å². The molecule has 1 aromatic carbocycles. The third-order valence-corrected chi connectivity index (χ3v) is 4.51. The van der Waals surface area contributed by atoms with Crippen molar-refractivity contribution in [2.24, 2.45) is 5.92 Å². The molecular formula is C15H18N4. The quantitative estimate of drug-likeness (QED) is 0.843. The second-order valence-corrected chi connectivity index (χ2v) is 5.57. The molecule has 2 aromatic rings. The van der Waals surface area contributed by atoms with E-state index >= 15 is 0 Å². The van der Waals surface area contributed by atoms with E-state index in [0.29, 0.717) is 6.04 Å². The molecular weight excluding hydrogens is 236 g/mol. The average molecular weight is 254 g/mol. The Hall–Kier alpha value is -1.68. The summed E-state index contributed by atoms with van der Waals surface area (Å²) in [6.45, 7) is 3.40. The topological polar surface area (TPSA) is 41.0 Å². The van der Waals surface area contributed by atoms with E-state index in [9.17, 15) is 0 Å². The van der Waals surface area contributed by atoms with Gasteiger partial charge in [0.15, 0.2) is 0 Å². The number of nitrogens with zero attached hydrogens (tertiary/aromatic N) is 3. The van der Waals surface area contributed by atoms with Gasteiger partial charge < -0.3 is 10.2 Å². The maximum atomic E-state index is 4.23. The van der Waals surface area contributed by atoms with Gasteiger partial charge in [-0.1, -0.05) is 18.2 Å². The number of hydrogen-bond donors (Lipinski definition) is 1. The smallest absolute Gasteiger partial charge is 0.0950 e.